The van der Waals surface area contributed by atoms with Crippen molar-refractivity contribution < 1.29 is 32.8 Å². The molecule has 4 rings (SSSR count). The van der Waals surface area contributed by atoms with Crippen molar-refractivity contribution in [1.82, 2.24) is 0 Å². The largest absolute Gasteiger partial charge is 0.368 e. The number of halogens is 1. The zero-order chi connectivity index (χ0) is 19.9. The molecular weight excluding hydrogens is 367 g/mol. The van der Waals surface area contributed by atoms with Crippen molar-refractivity contribution in [3.8, 4) is 0 Å². The van der Waals surface area contributed by atoms with Crippen LogP contribution >= 0.6 is 0 Å². The van der Waals surface area contributed by atoms with E-state index in [1.165, 1.54) is 6.07 Å². The molecule has 3 aliphatic heterocycles. The molecule has 0 spiro atoms. The van der Waals surface area contributed by atoms with Gasteiger partial charge in [0.2, 0.25) is 0 Å². The van der Waals surface area contributed by atoms with Crippen LogP contribution < -0.4 is 0 Å². The van der Waals surface area contributed by atoms with Gasteiger partial charge in [-0.15, -0.1) is 0 Å². The van der Waals surface area contributed by atoms with E-state index in [2.05, 4.69) is 0 Å². The van der Waals surface area contributed by atoms with Gasteiger partial charge in [0.15, 0.2) is 17.9 Å². The molecule has 7 atom stereocenters. The summed E-state index contributed by atoms with van der Waals surface area (Å²) < 4.78 is 50.5. The van der Waals surface area contributed by atoms with Crippen LogP contribution in [0.2, 0.25) is 0 Å². The summed E-state index contributed by atoms with van der Waals surface area (Å²) in [4.78, 5) is 0. The molecule has 0 aromatic heterocycles. The third-order valence-corrected chi connectivity index (χ3v) is 5.95. The van der Waals surface area contributed by atoms with Crippen LogP contribution in [0.1, 0.15) is 46.1 Å². The molecule has 3 fully saturated rings. The van der Waals surface area contributed by atoms with Gasteiger partial charge in [0.25, 0.3) is 0 Å². The van der Waals surface area contributed by atoms with Crippen LogP contribution in [0.3, 0.4) is 0 Å². The highest BCUT2D eigenvalue weighted by molar-refractivity contribution is 5.16. The van der Waals surface area contributed by atoms with Gasteiger partial charge >= 0.3 is 0 Å². The Morgan fingerprint density at radius 1 is 1.04 bits per heavy atom. The van der Waals surface area contributed by atoms with Gasteiger partial charge in [-0.05, 0) is 32.8 Å². The van der Waals surface area contributed by atoms with Gasteiger partial charge in [0.05, 0.1) is 13.2 Å². The van der Waals surface area contributed by atoms with Crippen molar-refractivity contribution in [2.45, 2.75) is 89.4 Å². The van der Waals surface area contributed by atoms with E-state index in [4.69, 9.17) is 28.4 Å². The Balaban J connectivity index is 1.52. The second-order valence-electron chi connectivity index (χ2n) is 7.98. The fraction of sp³-hybridized carbons (Fsp3) is 0.714. The first-order chi connectivity index (χ1) is 13.4. The van der Waals surface area contributed by atoms with Gasteiger partial charge in [-0.3, -0.25) is 0 Å². The molecule has 0 amide bonds. The minimum Gasteiger partial charge on any atom is -0.368 e. The molecule has 0 aliphatic carbocycles. The fourth-order valence-corrected chi connectivity index (χ4v) is 3.88. The second kappa shape index (κ2) is 7.63. The molecule has 156 valence electrons. The molecule has 6 nitrogen and oxygen atoms in total. The highest BCUT2D eigenvalue weighted by Crippen LogP contribution is 2.43. The molecule has 28 heavy (non-hydrogen) atoms. The van der Waals surface area contributed by atoms with Crippen molar-refractivity contribution in [2.75, 3.05) is 6.61 Å². The number of fused-ring (bicyclic) bond motifs is 1. The van der Waals surface area contributed by atoms with E-state index >= 15 is 0 Å². The molecule has 2 unspecified atom stereocenters. The summed E-state index contributed by atoms with van der Waals surface area (Å²) >= 11 is 0. The standard InChI is InChI=1S/C21H29FO6/c1-5-20(3)24-12-15(26-20)16-17(23-11-13-9-7-8-10-14(13)22)18-19(25-16)28-21(4,6-2)27-18/h7-10,15-19H,5-6,11-12H2,1-4H3/t15-,16-,17+,18-,19-,20?,21?/m1/s1. The second-order valence-corrected chi connectivity index (χ2v) is 7.98. The maximum absolute atomic E-state index is 14.0. The summed E-state index contributed by atoms with van der Waals surface area (Å²) in [6.07, 6.45) is -0.713. The maximum Gasteiger partial charge on any atom is 0.190 e. The number of rotatable bonds is 6. The zero-order valence-electron chi connectivity index (χ0n) is 16.9. The zero-order valence-corrected chi connectivity index (χ0v) is 16.9. The summed E-state index contributed by atoms with van der Waals surface area (Å²) in [7, 11) is 0. The first-order valence-corrected chi connectivity index (χ1v) is 10.0. The number of hydrogen-bond donors (Lipinski definition) is 0. The average molecular weight is 396 g/mol. The highest BCUT2D eigenvalue weighted by Gasteiger charge is 2.59. The third kappa shape index (κ3) is 3.72. The summed E-state index contributed by atoms with van der Waals surface area (Å²) in [5.41, 5.74) is 0.490. The van der Waals surface area contributed by atoms with Crippen molar-refractivity contribution in [3.05, 3.63) is 35.6 Å². The topological polar surface area (TPSA) is 55.4 Å². The molecule has 1 aromatic carbocycles. The lowest BCUT2D eigenvalue weighted by Crippen LogP contribution is -2.44. The van der Waals surface area contributed by atoms with E-state index in [1.807, 2.05) is 27.7 Å². The van der Waals surface area contributed by atoms with Gasteiger partial charge in [-0.25, -0.2) is 4.39 Å². The van der Waals surface area contributed by atoms with E-state index in [9.17, 15) is 4.39 Å². The van der Waals surface area contributed by atoms with Crippen molar-refractivity contribution in [3.63, 3.8) is 0 Å². The average Bonchev–Trinajstić information content (AvgIpc) is 3.33. The third-order valence-electron chi connectivity index (χ3n) is 5.95. The molecule has 3 aliphatic rings. The molecule has 7 heteroatoms. The lowest BCUT2D eigenvalue weighted by molar-refractivity contribution is -0.245. The van der Waals surface area contributed by atoms with Crippen LogP contribution in [0.4, 0.5) is 4.39 Å². The number of hydrogen-bond acceptors (Lipinski definition) is 6. The van der Waals surface area contributed by atoms with E-state index in [-0.39, 0.29) is 18.5 Å². The van der Waals surface area contributed by atoms with Gasteiger partial charge in [0, 0.05) is 5.56 Å². The monoisotopic (exact) mass is 396 g/mol. The SMILES string of the molecule is CCC1(C)O[C@H]2O[C@H]([C@H]3COC(C)(CC)O3)[C@H](OCc3ccccc3F)[C@H]2O1. The Morgan fingerprint density at radius 3 is 2.46 bits per heavy atom. The van der Waals surface area contributed by atoms with E-state index in [0.29, 0.717) is 18.6 Å². The summed E-state index contributed by atoms with van der Waals surface area (Å²) in [6, 6.07) is 6.58. The molecule has 3 heterocycles. The Bertz CT molecular complexity index is 701. The first-order valence-electron chi connectivity index (χ1n) is 10.0. The van der Waals surface area contributed by atoms with Crippen molar-refractivity contribution >= 4 is 0 Å². The van der Waals surface area contributed by atoms with Crippen LogP contribution in [-0.2, 0) is 35.0 Å². The number of ether oxygens (including phenoxy) is 6. The van der Waals surface area contributed by atoms with Crippen LogP contribution in [0.5, 0.6) is 0 Å². The first kappa shape index (κ1) is 20.2. The van der Waals surface area contributed by atoms with E-state index in [1.54, 1.807) is 18.2 Å². The Labute approximate surface area is 165 Å². The number of benzene rings is 1. The quantitative estimate of drug-likeness (QED) is 0.733. The Kier molecular flexibility index (Phi) is 5.50. The Morgan fingerprint density at radius 2 is 1.79 bits per heavy atom. The van der Waals surface area contributed by atoms with Crippen molar-refractivity contribution in [2.24, 2.45) is 0 Å². The lowest BCUT2D eigenvalue weighted by atomic mass is 10.1. The molecule has 0 radical (unpaired) electrons. The minimum atomic E-state index is -0.717. The summed E-state index contributed by atoms with van der Waals surface area (Å²) in [6.45, 7) is 8.33. The Hall–Kier alpha value is -1.09. The molecule has 0 N–H and O–H groups in total. The molecule has 3 saturated heterocycles. The maximum atomic E-state index is 14.0. The van der Waals surface area contributed by atoms with Crippen LogP contribution in [-0.4, -0.2) is 48.9 Å². The van der Waals surface area contributed by atoms with Gasteiger partial charge in [0.1, 0.15) is 30.2 Å². The van der Waals surface area contributed by atoms with E-state index < -0.39 is 36.2 Å². The van der Waals surface area contributed by atoms with Crippen LogP contribution in [0.15, 0.2) is 24.3 Å². The molecule has 0 saturated carbocycles. The van der Waals surface area contributed by atoms with Gasteiger partial charge in [-0.1, -0.05) is 32.0 Å². The van der Waals surface area contributed by atoms with Crippen LogP contribution in [0.25, 0.3) is 0 Å². The summed E-state index contributed by atoms with van der Waals surface area (Å²) in [5, 5.41) is 0. The smallest absolute Gasteiger partial charge is 0.190 e. The normalized spacial score (nSPS) is 42.8. The molecular formula is C21H29FO6. The van der Waals surface area contributed by atoms with Crippen LogP contribution in [0, 0.1) is 5.82 Å². The summed E-state index contributed by atoms with van der Waals surface area (Å²) in [5.74, 6) is -1.65. The fourth-order valence-electron chi connectivity index (χ4n) is 3.88. The predicted molar refractivity (Wildman–Crippen MR) is 97.8 cm³/mol. The van der Waals surface area contributed by atoms with E-state index in [0.717, 1.165) is 6.42 Å². The highest BCUT2D eigenvalue weighted by atomic mass is 19.1. The molecule has 1 aromatic rings. The van der Waals surface area contributed by atoms with Gasteiger partial charge in [-0.2, -0.15) is 0 Å². The predicted octanol–water partition coefficient (Wildman–Crippen LogP) is 3.52. The molecule has 0 bridgehead atoms. The van der Waals surface area contributed by atoms with Crippen molar-refractivity contribution in [1.29, 1.82) is 0 Å². The van der Waals surface area contributed by atoms with Gasteiger partial charge < -0.3 is 28.4 Å². The minimum absolute atomic E-state index is 0.116. The lowest BCUT2D eigenvalue weighted by Gasteiger charge is -2.30.